The largest absolute Gasteiger partial charge is 0.482 e. The molecule has 2 aromatic carbocycles. The number of allylic oxidation sites excluding steroid dienone is 1. The number of ether oxygens (including phenoxy) is 2. The minimum atomic E-state index is -0.959. The second-order valence-corrected chi connectivity index (χ2v) is 7.91. The molecule has 0 saturated heterocycles. The Balaban J connectivity index is 1.37. The Labute approximate surface area is 188 Å². The Morgan fingerprint density at radius 3 is 2.62 bits per heavy atom. The van der Waals surface area contributed by atoms with E-state index in [1.54, 1.807) is 12.4 Å². The SMILES string of the molecule is O=C(O)COc1cccc2c1CCC(C=CCOC(c1ccccc1)c1ccncc1)C2. The van der Waals surface area contributed by atoms with Crippen molar-refractivity contribution in [1.29, 1.82) is 0 Å². The van der Waals surface area contributed by atoms with E-state index in [2.05, 4.69) is 35.3 Å². The molecule has 0 saturated carbocycles. The predicted octanol–water partition coefficient (Wildman–Crippen LogP) is 5.01. The quantitative estimate of drug-likeness (QED) is 0.484. The molecule has 1 aliphatic carbocycles. The number of rotatable bonds is 9. The van der Waals surface area contributed by atoms with Crippen LogP contribution in [0.3, 0.4) is 0 Å². The van der Waals surface area contributed by atoms with Crippen LogP contribution in [0.1, 0.15) is 34.8 Å². The molecule has 3 aromatic rings. The average molecular weight is 430 g/mol. The Kier molecular flexibility index (Phi) is 7.31. The second kappa shape index (κ2) is 10.7. The van der Waals surface area contributed by atoms with Gasteiger partial charge in [0.1, 0.15) is 11.9 Å². The summed E-state index contributed by atoms with van der Waals surface area (Å²) in [6.45, 7) is 0.212. The molecule has 2 unspecified atom stereocenters. The number of carbonyl (C=O) groups is 1. The fourth-order valence-corrected chi connectivity index (χ4v) is 4.19. The molecule has 5 heteroatoms. The van der Waals surface area contributed by atoms with Gasteiger partial charge in [0.2, 0.25) is 0 Å². The molecule has 1 aliphatic rings. The van der Waals surface area contributed by atoms with E-state index in [1.807, 2.05) is 42.5 Å². The molecule has 1 heterocycles. The first-order valence-electron chi connectivity index (χ1n) is 10.9. The lowest BCUT2D eigenvalue weighted by Gasteiger charge is -2.24. The molecule has 2 atom stereocenters. The first kappa shape index (κ1) is 21.8. The number of nitrogens with zero attached hydrogens (tertiary/aromatic N) is 1. The number of aromatic nitrogens is 1. The van der Waals surface area contributed by atoms with Crippen molar-refractivity contribution < 1.29 is 19.4 Å². The minimum absolute atomic E-state index is 0.134. The average Bonchev–Trinajstić information content (AvgIpc) is 2.83. The van der Waals surface area contributed by atoms with Crippen LogP contribution in [-0.4, -0.2) is 29.3 Å². The molecule has 0 bridgehead atoms. The van der Waals surface area contributed by atoms with Crippen molar-refractivity contribution in [3.05, 3.63) is 107 Å². The highest BCUT2D eigenvalue weighted by Gasteiger charge is 2.20. The van der Waals surface area contributed by atoms with Crippen LogP contribution in [0.15, 0.2) is 85.2 Å². The summed E-state index contributed by atoms with van der Waals surface area (Å²) in [4.78, 5) is 14.9. The number of carboxylic acid groups (broad SMARTS) is 1. The second-order valence-electron chi connectivity index (χ2n) is 7.91. The first-order valence-corrected chi connectivity index (χ1v) is 10.9. The zero-order valence-corrected chi connectivity index (χ0v) is 17.9. The molecule has 1 aromatic heterocycles. The molecule has 0 amide bonds. The lowest BCUT2D eigenvalue weighted by molar-refractivity contribution is -0.139. The Bertz CT molecular complexity index is 1010. The summed E-state index contributed by atoms with van der Waals surface area (Å²) in [6, 6.07) is 20.1. The van der Waals surface area contributed by atoms with E-state index < -0.39 is 5.97 Å². The molecule has 0 aliphatic heterocycles. The van der Waals surface area contributed by atoms with Gasteiger partial charge in [-0.25, -0.2) is 4.79 Å². The van der Waals surface area contributed by atoms with E-state index in [4.69, 9.17) is 14.6 Å². The van der Waals surface area contributed by atoms with E-state index in [0.717, 1.165) is 36.0 Å². The summed E-state index contributed by atoms with van der Waals surface area (Å²) in [7, 11) is 0. The molecular formula is C27H27NO4. The van der Waals surface area contributed by atoms with Gasteiger partial charge < -0.3 is 14.6 Å². The van der Waals surface area contributed by atoms with Crippen LogP contribution in [-0.2, 0) is 22.4 Å². The van der Waals surface area contributed by atoms with Gasteiger partial charge in [0.25, 0.3) is 0 Å². The molecule has 32 heavy (non-hydrogen) atoms. The third-order valence-electron chi connectivity index (χ3n) is 5.71. The van der Waals surface area contributed by atoms with Gasteiger partial charge in [-0.15, -0.1) is 0 Å². The monoisotopic (exact) mass is 429 g/mol. The van der Waals surface area contributed by atoms with Gasteiger partial charge in [-0.1, -0.05) is 54.6 Å². The van der Waals surface area contributed by atoms with Crippen LogP contribution in [0.25, 0.3) is 0 Å². The van der Waals surface area contributed by atoms with Crippen LogP contribution in [0.5, 0.6) is 5.75 Å². The van der Waals surface area contributed by atoms with Crippen molar-refractivity contribution >= 4 is 5.97 Å². The Hall–Kier alpha value is -3.44. The maximum atomic E-state index is 10.8. The van der Waals surface area contributed by atoms with Crippen LogP contribution < -0.4 is 4.74 Å². The molecule has 1 N–H and O–H groups in total. The summed E-state index contributed by atoms with van der Waals surface area (Å²) in [5, 5.41) is 8.88. The number of hydrogen-bond acceptors (Lipinski definition) is 4. The van der Waals surface area contributed by atoms with E-state index in [1.165, 1.54) is 5.56 Å². The van der Waals surface area contributed by atoms with Crippen molar-refractivity contribution in [2.24, 2.45) is 5.92 Å². The summed E-state index contributed by atoms with van der Waals surface area (Å²) in [5.74, 6) is 0.162. The predicted molar refractivity (Wildman–Crippen MR) is 123 cm³/mol. The maximum Gasteiger partial charge on any atom is 0.341 e. The number of pyridine rings is 1. The van der Waals surface area contributed by atoms with Gasteiger partial charge in [0, 0.05) is 12.4 Å². The number of carboxylic acids is 1. The summed E-state index contributed by atoms with van der Waals surface area (Å²) in [5.41, 5.74) is 4.57. The zero-order valence-electron chi connectivity index (χ0n) is 17.9. The normalized spacial score (nSPS) is 16.4. The molecular weight excluding hydrogens is 402 g/mol. The lowest BCUT2D eigenvalue weighted by Crippen LogP contribution is -2.16. The smallest absolute Gasteiger partial charge is 0.341 e. The van der Waals surface area contributed by atoms with Gasteiger partial charge in [-0.3, -0.25) is 4.98 Å². The Morgan fingerprint density at radius 1 is 1.06 bits per heavy atom. The summed E-state index contributed by atoms with van der Waals surface area (Å²) < 4.78 is 11.7. The fourth-order valence-electron chi connectivity index (χ4n) is 4.19. The van der Waals surface area contributed by atoms with Crippen molar-refractivity contribution in [3.63, 3.8) is 0 Å². The minimum Gasteiger partial charge on any atom is -0.482 e. The zero-order chi connectivity index (χ0) is 22.2. The van der Waals surface area contributed by atoms with Crippen molar-refractivity contribution in [2.45, 2.75) is 25.4 Å². The van der Waals surface area contributed by atoms with Gasteiger partial charge in [0.05, 0.1) is 6.61 Å². The van der Waals surface area contributed by atoms with Gasteiger partial charge in [0.15, 0.2) is 6.61 Å². The lowest BCUT2D eigenvalue weighted by atomic mass is 9.83. The molecule has 164 valence electrons. The topological polar surface area (TPSA) is 68.7 Å². The number of fused-ring (bicyclic) bond motifs is 1. The van der Waals surface area contributed by atoms with Crippen molar-refractivity contribution in [1.82, 2.24) is 4.98 Å². The van der Waals surface area contributed by atoms with Crippen molar-refractivity contribution in [3.8, 4) is 5.75 Å². The molecule has 4 rings (SSSR count). The summed E-state index contributed by atoms with van der Waals surface area (Å²) >= 11 is 0. The number of benzene rings is 2. The number of aliphatic carboxylic acids is 1. The van der Waals surface area contributed by atoms with Gasteiger partial charge >= 0.3 is 5.97 Å². The van der Waals surface area contributed by atoms with E-state index >= 15 is 0 Å². The van der Waals surface area contributed by atoms with Crippen LogP contribution in [0.4, 0.5) is 0 Å². The number of hydrogen-bond donors (Lipinski definition) is 1. The van der Waals surface area contributed by atoms with Gasteiger partial charge in [-0.2, -0.15) is 0 Å². The highest BCUT2D eigenvalue weighted by molar-refractivity contribution is 5.68. The Morgan fingerprint density at radius 2 is 1.84 bits per heavy atom. The van der Waals surface area contributed by atoms with E-state index in [0.29, 0.717) is 18.3 Å². The van der Waals surface area contributed by atoms with Crippen LogP contribution in [0, 0.1) is 5.92 Å². The first-order chi connectivity index (χ1) is 15.7. The van der Waals surface area contributed by atoms with Crippen LogP contribution >= 0.6 is 0 Å². The van der Waals surface area contributed by atoms with E-state index in [-0.39, 0.29) is 12.7 Å². The third-order valence-corrected chi connectivity index (χ3v) is 5.71. The standard InChI is InChI=1S/C27H27NO4/c29-26(30)19-32-25-10-4-9-23-18-20(11-12-24(23)25)6-5-17-31-27(21-7-2-1-3-8-21)22-13-15-28-16-14-22/h1-10,13-16,20,27H,11-12,17-19H2,(H,29,30). The summed E-state index contributed by atoms with van der Waals surface area (Å²) in [6.07, 6.45) is 10.6. The third kappa shape index (κ3) is 5.62. The molecule has 0 radical (unpaired) electrons. The van der Waals surface area contributed by atoms with Crippen LogP contribution in [0.2, 0.25) is 0 Å². The fraction of sp³-hybridized carbons (Fsp3) is 0.259. The maximum absolute atomic E-state index is 10.8. The van der Waals surface area contributed by atoms with E-state index in [9.17, 15) is 4.79 Å². The molecule has 5 nitrogen and oxygen atoms in total. The molecule has 0 fully saturated rings. The van der Waals surface area contributed by atoms with Gasteiger partial charge in [-0.05, 0) is 65.6 Å². The highest BCUT2D eigenvalue weighted by Crippen LogP contribution is 2.33. The highest BCUT2D eigenvalue weighted by atomic mass is 16.5. The molecule has 0 spiro atoms. The van der Waals surface area contributed by atoms with Crippen molar-refractivity contribution in [2.75, 3.05) is 13.2 Å².